The van der Waals surface area contributed by atoms with Gasteiger partial charge in [-0.2, -0.15) is 4.98 Å². The van der Waals surface area contributed by atoms with Crippen LogP contribution < -0.4 is 0 Å². The van der Waals surface area contributed by atoms with Crippen LogP contribution in [-0.2, 0) is 11.2 Å². The molecule has 0 aliphatic carbocycles. The van der Waals surface area contributed by atoms with Crippen molar-refractivity contribution in [1.82, 2.24) is 19.9 Å². The molecule has 1 N–H and O–H groups in total. The van der Waals surface area contributed by atoms with Crippen LogP contribution in [0.25, 0.3) is 11.4 Å². The number of aliphatic hydroxyl groups is 1. The van der Waals surface area contributed by atoms with Crippen molar-refractivity contribution in [1.29, 1.82) is 0 Å². The van der Waals surface area contributed by atoms with E-state index < -0.39 is 0 Å². The Hall–Kier alpha value is -1.58. The lowest BCUT2D eigenvalue weighted by molar-refractivity contribution is 0.0350. The lowest BCUT2D eigenvalue weighted by atomic mass is 10.1. The number of halogens is 1. The summed E-state index contributed by atoms with van der Waals surface area (Å²) in [6.07, 6.45) is 4.77. The molecule has 0 amide bonds. The van der Waals surface area contributed by atoms with Crippen LogP contribution in [0.1, 0.15) is 25.2 Å². The van der Waals surface area contributed by atoms with Gasteiger partial charge >= 0.3 is 0 Å². The average molecular weight is 493 g/mol. The molecule has 1 aliphatic rings. The molecular formula is C23H33BrN4O3. The second kappa shape index (κ2) is 13.1. The molecule has 1 fully saturated rings. The number of hydrogen-bond donors (Lipinski definition) is 1. The molecule has 2 heterocycles. The van der Waals surface area contributed by atoms with Crippen LogP contribution in [-0.4, -0.2) is 83.6 Å². The zero-order valence-corrected chi connectivity index (χ0v) is 19.7. The van der Waals surface area contributed by atoms with E-state index in [1.54, 1.807) is 0 Å². The van der Waals surface area contributed by atoms with E-state index >= 15 is 0 Å². The van der Waals surface area contributed by atoms with Crippen molar-refractivity contribution in [3.05, 3.63) is 47.3 Å². The smallest absolute Gasteiger partial charge is 0.228 e. The van der Waals surface area contributed by atoms with Crippen molar-refractivity contribution in [2.24, 2.45) is 0 Å². The van der Waals surface area contributed by atoms with Crippen molar-refractivity contribution >= 4 is 15.9 Å². The summed E-state index contributed by atoms with van der Waals surface area (Å²) in [5.74, 6) is 1.23. The third-order valence-corrected chi connectivity index (χ3v) is 5.97. The molecule has 2 aromatic rings. The number of ether oxygens (including phenoxy) is 1. The van der Waals surface area contributed by atoms with Gasteiger partial charge in [-0.25, -0.2) is 0 Å². The van der Waals surface area contributed by atoms with Gasteiger partial charge in [0.1, 0.15) is 0 Å². The van der Waals surface area contributed by atoms with E-state index in [0.717, 1.165) is 75.2 Å². The van der Waals surface area contributed by atoms with Gasteiger partial charge in [0.2, 0.25) is 11.7 Å². The fraction of sp³-hybridized carbons (Fsp3) is 0.565. The molecule has 0 radical (unpaired) electrons. The fourth-order valence-corrected chi connectivity index (χ4v) is 3.93. The molecule has 0 saturated carbocycles. The first-order valence-corrected chi connectivity index (χ1v) is 11.8. The maximum atomic E-state index is 10.4. The molecular weight excluding hydrogens is 460 g/mol. The minimum absolute atomic E-state index is 0.359. The number of benzene rings is 1. The van der Waals surface area contributed by atoms with E-state index in [2.05, 4.69) is 42.4 Å². The van der Waals surface area contributed by atoms with E-state index in [-0.39, 0.29) is 6.10 Å². The SMILES string of the molecule is C=CCCC(O)CN(CCCN1CCOCC1)CCc1nc(-c2ccc(Br)cc2)no1. The molecule has 1 atom stereocenters. The number of rotatable bonds is 13. The Bertz CT molecular complexity index is 777. The molecule has 1 aromatic carbocycles. The number of aliphatic hydroxyl groups excluding tert-OH is 1. The summed E-state index contributed by atoms with van der Waals surface area (Å²) in [6, 6.07) is 7.86. The van der Waals surface area contributed by atoms with Crippen LogP contribution in [0, 0.1) is 0 Å². The summed E-state index contributed by atoms with van der Waals surface area (Å²) in [6.45, 7) is 10.8. The van der Waals surface area contributed by atoms with Crippen molar-refractivity contribution in [3.8, 4) is 11.4 Å². The fourth-order valence-electron chi connectivity index (χ4n) is 3.66. The molecule has 0 bridgehead atoms. The Kier molecular flexibility index (Phi) is 10.2. The largest absolute Gasteiger partial charge is 0.392 e. The van der Waals surface area contributed by atoms with Gasteiger partial charge < -0.3 is 19.3 Å². The normalized spacial score (nSPS) is 16.0. The summed E-state index contributed by atoms with van der Waals surface area (Å²) >= 11 is 3.44. The molecule has 1 aromatic heterocycles. The standard InChI is InChI=1S/C23H33BrN4O3/c1-2-3-5-21(29)18-28(12-4-11-27-14-16-30-17-15-27)13-10-22-25-23(26-31-22)19-6-8-20(24)9-7-19/h2,6-9,21,29H,1,3-5,10-18H2. The highest BCUT2D eigenvalue weighted by molar-refractivity contribution is 9.10. The lowest BCUT2D eigenvalue weighted by Crippen LogP contribution is -2.39. The molecule has 0 spiro atoms. The Morgan fingerprint density at radius 3 is 2.74 bits per heavy atom. The van der Waals surface area contributed by atoms with Crippen molar-refractivity contribution in [2.45, 2.75) is 31.8 Å². The highest BCUT2D eigenvalue weighted by Gasteiger charge is 2.16. The summed E-state index contributed by atoms with van der Waals surface area (Å²) < 4.78 is 11.9. The molecule has 3 rings (SSSR count). The van der Waals surface area contributed by atoms with Crippen LogP contribution in [0.2, 0.25) is 0 Å². The second-order valence-electron chi connectivity index (χ2n) is 7.90. The van der Waals surface area contributed by atoms with E-state index in [0.29, 0.717) is 24.7 Å². The van der Waals surface area contributed by atoms with Gasteiger partial charge in [0.25, 0.3) is 0 Å². The number of aromatic nitrogens is 2. The Morgan fingerprint density at radius 1 is 1.23 bits per heavy atom. The first-order valence-electron chi connectivity index (χ1n) is 11.0. The number of hydrogen-bond acceptors (Lipinski definition) is 7. The third kappa shape index (κ3) is 8.46. The van der Waals surface area contributed by atoms with E-state index in [9.17, 15) is 5.11 Å². The topological polar surface area (TPSA) is 74.9 Å². The monoisotopic (exact) mass is 492 g/mol. The van der Waals surface area contributed by atoms with Crippen LogP contribution in [0.5, 0.6) is 0 Å². The number of nitrogens with zero attached hydrogens (tertiary/aromatic N) is 4. The maximum Gasteiger partial charge on any atom is 0.228 e. The van der Waals surface area contributed by atoms with Gasteiger partial charge in [0.05, 0.1) is 19.3 Å². The zero-order chi connectivity index (χ0) is 21.9. The van der Waals surface area contributed by atoms with Gasteiger partial charge in [-0.3, -0.25) is 4.90 Å². The Labute approximate surface area is 193 Å². The van der Waals surface area contributed by atoms with Crippen LogP contribution in [0.4, 0.5) is 0 Å². The Morgan fingerprint density at radius 2 is 2.00 bits per heavy atom. The third-order valence-electron chi connectivity index (χ3n) is 5.44. The highest BCUT2D eigenvalue weighted by atomic mass is 79.9. The molecule has 1 saturated heterocycles. The summed E-state index contributed by atoms with van der Waals surface area (Å²) in [4.78, 5) is 9.29. The van der Waals surface area contributed by atoms with Gasteiger partial charge in [0.15, 0.2) is 0 Å². The van der Waals surface area contributed by atoms with Crippen molar-refractivity contribution in [3.63, 3.8) is 0 Å². The minimum atomic E-state index is -0.359. The summed E-state index contributed by atoms with van der Waals surface area (Å²) in [7, 11) is 0. The lowest BCUT2D eigenvalue weighted by Gasteiger charge is -2.29. The van der Waals surface area contributed by atoms with Crippen molar-refractivity contribution < 1.29 is 14.4 Å². The molecule has 31 heavy (non-hydrogen) atoms. The predicted octanol–water partition coefficient (Wildman–Crippen LogP) is 3.39. The van der Waals surface area contributed by atoms with Crippen LogP contribution >= 0.6 is 15.9 Å². The average Bonchev–Trinajstić information content (AvgIpc) is 3.26. The van der Waals surface area contributed by atoms with Crippen LogP contribution in [0.15, 0.2) is 45.9 Å². The summed E-state index contributed by atoms with van der Waals surface area (Å²) in [5.41, 5.74) is 0.931. The molecule has 7 nitrogen and oxygen atoms in total. The van der Waals surface area contributed by atoms with Gasteiger partial charge in [-0.1, -0.05) is 27.2 Å². The minimum Gasteiger partial charge on any atom is -0.392 e. The van der Waals surface area contributed by atoms with E-state index in [1.807, 2.05) is 30.3 Å². The molecule has 8 heteroatoms. The number of morpholine rings is 1. The molecule has 1 aliphatic heterocycles. The van der Waals surface area contributed by atoms with Crippen LogP contribution in [0.3, 0.4) is 0 Å². The van der Waals surface area contributed by atoms with Gasteiger partial charge in [-0.15, -0.1) is 6.58 Å². The van der Waals surface area contributed by atoms with Crippen molar-refractivity contribution in [2.75, 3.05) is 52.5 Å². The molecule has 170 valence electrons. The van der Waals surface area contributed by atoms with E-state index in [1.165, 1.54) is 0 Å². The summed E-state index contributed by atoms with van der Waals surface area (Å²) in [5, 5.41) is 14.5. The predicted molar refractivity (Wildman–Crippen MR) is 125 cm³/mol. The second-order valence-corrected chi connectivity index (χ2v) is 8.81. The highest BCUT2D eigenvalue weighted by Crippen LogP contribution is 2.19. The first-order chi connectivity index (χ1) is 15.1. The quantitative estimate of drug-likeness (QED) is 0.429. The zero-order valence-electron chi connectivity index (χ0n) is 18.1. The van der Waals surface area contributed by atoms with Gasteiger partial charge in [0, 0.05) is 42.6 Å². The van der Waals surface area contributed by atoms with E-state index in [4.69, 9.17) is 9.26 Å². The maximum absolute atomic E-state index is 10.4. The first kappa shape index (κ1) is 24.1. The van der Waals surface area contributed by atoms with Gasteiger partial charge in [-0.05, 0) is 56.6 Å². The number of allylic oxidation sites excluding steroid dienone is 1. The molecule has 1 unspecified atom stereocenters. The Balaban J connectivity index is 1.51.